The lowest BCUT2D eigenvalue weighted by Gasteiger charge is -2.24. The van der Waals surface area contributed by atoms with Crippen LogP contribution >= 0.6 is 0 Å². The molecule has 0 saturated carbocycles. The van der Waals surface area contributed by atoms with Gasteiger partial charge in [0.1, 0.15) is 11.5 Å². The van der Waals surface area contributed by atoms with Gasteiger partial charge in [-0.05, 0) is 35.4 Å². The number of hydrogen-bond donors (Lipinski definition) is 0. The highest BCUT2D eigenvalue weighted by atomic mass is 19.1. The molecule has 0 aliphatic carbocycles. The average molecular weight is 443 g/mol. The summed E-state index contributed by atoms with van der Waals surface area (Å²) in [5.41, 5.74) is 2.04. The van der Waals surface area contributed by atoms with E-state index in [1.807, 2.05) is 53.4 Å². The highest BCUT2D eigenvalue weighted by Crippen LogP contribution is 2.36. The average Bonchev–Trinajstić information content (AvgIpc) is 2.84. The first kappa shape index (κ1) is 22.9. The summed E-state index contributed by atoms with van der Waals surface area (Å²) >= 11 is 0. The molecule has 170 valence electrons. The van der Waals surface area contributed by atoms with Gasteiger partial charge in [-0.25, -0.2) is 4.39 Å². The van der Waals surface area contributed by atoms with Crippen LogP contribution in [0, 0.1) is 0 Å². The Balaban J connectivity index is 1.99. The van der Waals surface area contributed by atoms with Crippen LogP contribution in [0.1, 0.15) is 11.1 Å². The summed E-state index contributed by atoms with van der Waals surface area (Å²) in [4.78, 5) is 10.9. The lowest BCUT2D eigenvalue weighted by atomic mass is 10.1. The molecule has 1 aromatic heterocycles. The molecule has 32 heavy (non-hydrogen) atoms. The standard InChI is InChI=1S/C23H26FN3O5/c1-28-18-9-5-16(6-10-18)13-27(14-17-7-11-19(29-2)12-8-17)23-25-21(30-3)20(32-15-24)22(26-23)31-4/h5-12H,13-15H2,1-4H3. The third kappa shape index (κ3) is 5.48. The summed E-state index contributed by atoms with van der Waals surface area (Å²) in [6.45, 7) is -0.0753. The predicted molar refractivity (Wildman–Crippen MR) is 118 cm³/mol. The second-order valence-electron chi connectivity index (χ2n) is 6.68. The zero-order valence-electron chi connectivity index (χ0n) is 18.5. The number of nitrogens with zero attached hydrogens (tertiary/aromatic N) is 3. The zero-order chi connectivity index (χ0) is 22.9. The number of benzene rings is 2. The number of halogens is 1. The lowest BCUT2D eigenvalue weighted by Crippen LogP contribution is -2.25. The second kappa shape index (κ2) is 11.0. The van der Waals surface area contributed by atoms with Gasteiger partial charge in [0, 0.05) is 13.1 Å². The molecule has 2 aromatic carbocycles. The Morgan fingerprint density at radius 2 is 1.12 bits per heavy atom. The van der Waals surface area contributed by atoms with Gasteiger partial charge in [0.15, 0.2) is 0 Å². The van der Waals surface area contributed by atoms with Crippen molar-refractivity contribution in [1.29, 1.82) is 0 Å². The van der Waals surface area contributed by atoms with Gasteiger partial charge in [-0.3, -0.25) is 0 Å². The van der Waals surface area contributed by atoms with Gasteiger partial charge in [0.2, 0.25) is 18.6 Å². The van der Waals surface area contributed by atoms with Crippen LogP contribution in [0.15, 0.2) is 48.5 Å². The van der Waals surface area contributed by atoms with Crippen molar-refractivity contribution in [2.24, 2.45) is 0 Å². The minimum absolute atomic E-state index is 0.00935. The van der Waals surface area contributed by atoms with Gasteiger partial charge in [-0.15, -0.1) is 0 Å². The van der Waals surface area contributed by atoms with E-state index >= 15 is 0 Å². The molecule has 0 bridgehead atoms. The number of methoxy groups -OCH3 is 4. The summed E-state index contributed by atoms with van der Waals surface area (Å²) in [6, 6.07) is 15.4. The molecule has 3 aromatic rings. The Bertz CT molecular complexity index is 925. The quantitative estimate of drug-likeness (QED) is 0.440. The number of aromatic nitrogens is 2. The fourth-order valence-corrected chi connectivity index (χ4v) is 3.10. The van der Waals surface area contributed by atoms with Crippen LogP contribution in [0.5, 0.6) is 29.0 Å². The summed E-state index contributed by atoms with van der Waals surface area (Å²) in [5.74, 6) is 2.05. The Labute approximate surface area is 186 Å². The van der Waals surface area contributed by atoms with Crippen LogP contribution in [-0.4, -0.2) is 45.3 Å². The molecule has 0 fully saturated rings. The lowest BCUT2D eigenvalue weighted by molar-refractivity contribution is 0.173. The van der Waals surface area contributed by atoms with E-state index in [0.717, 1.165) is 22.6 Å². The molecule has 0 aliphatic rings. The minimum atomic E-state index is -1.06. The van der Waals surface area contributed by atoms with Gasteiger partial charge in [-0.2, -0.15) is 9.97 Å². The van der Waals surface area contributed by atoms with Crippen LogP contribution in [0.25, 0.3) is 0 Å². The first-order valence-electron chi connectivity index (χ1n) is 9.81. The molecule has 0 amide bonds. The molecule has 0 aliphatic heterocycles. The summed E-state index contributed by atoms with van der Waals surface area (Å²) in [7, 11) is 6.10. The molecular weight excluding hydrogens is 417 g/mol. The Kier molecular flexibility index (Phi) is 7.91. The van der Waals surface area contributed by atoms with E-state index in [0.29, 0.717) is 19.0 Å². The zero-order valence-corrected chi connectivity index (χ0v) is 18.5. The van der Waals surface area contributed by atoms with Gasteiger partial charge in [0.05, 0.1) is 28.4 Å². The fraction of sp³-hybridized carbons (Fsp3) is 0.304. The summed E-state index contributed by atoms with van der Waals surface area (Å²) in [5, 5.41) is 0. The predicted octanol–water partition coefficient (Wildman–Crippen LogP) is 4.02. The van der Waals surface area contributed by atoms with E-state index in [1.54, 1.807) is 14.2 Å². The maximum Gasteiger partial charge on any atom is 0.266 e. The van der Waals surface area contributed by atoms with E-state index in [1.165, 1.54) is 14.2 Å². The van der Waals surface area contributed by atoms with E-state index in [-0.39, 0.29) is 17.5 Å². The van der Waals surface area contributed by atoms with Crippen molar-refractivity contribution in [2.45, 2.75) is 13.1 Å². The molecule has 0 atom stereocenters. The molecule has 8 nitrogen and oxygen atoms in total. The third-order valence-corrected chi connectivity index (χ3v) is 4.72. The van der Waals surface area contributed by atoms with Gasteiger partial charge in [0.25, 0.3) is 11.8 Å². The number of alkyl halides is 1. The third-order valence-electron chi connectivity index (χ3n) is 4.72. The van der Waals surface area contributed by atoms with Crippen molar-refractivity contribution in [3.05, 3.63) is 59.7 Å². The van der Waals surface area contributed by atoms with Crippen molar-refractivity contribution in [3.63, 3.8) is 0 Å². The monoisotopic (exact) mass is 443 g/mol. The fourth-order valence-electron chi connectivity index (χ4n) is 3.10. The topological polar surface area (TPSA) is 75.2 Å². The number of ether oxygens (including phenoxy) is 5. The minimum Gasteiger partial charge on any atom is -0.497 e. The first-order valence-corrected chi connectivity index (χ1v) is 9.81. The van der Waals surface area contributed by atoms with Gasteiger partial charge >= 0.3 is 0 Å². The van der Waals surface area contributed by atoms with Crippen molar-refractivity contribution in [3.8, 4) is 29.0 Å². The normalized spacial score (nSPS) is 10.4. The summed E-state index contributed by atoms with van der Waals surface area (Å²) < 4.78 is 38.9. The number of hydrogen-bond acceptors (Lipinski definition) is 8. The number of rotatable bonds is 11. The van der Waals surface area contributed by atoms with Crippen molar-refractivity contribution < 1.29 is 28.1 Å². The Morgan fingerprint density at radius 1 is 0.688 bits per heavy atom. The highest BCUT2D eigenvalue weighted by Gasteiger charge is 2.22. The summed E-state index contributed by atoms with van der Waals surface area (Å²) in [6.07, 6.45) is 0. The molecule has 1 heterocycles. The van der Waals surface area contributed by atoms with Crippen LogP contribution < -0.4 is 28.6 Å². The van der Waals surface area contributed by atoms with Gasteiger partial charge in [-0.1, -0.05) is 24.3 Å². The molecule has 0 radical (unpaired) electrons. The molecule has 0 spiro atoms. The van der Waals surface area contributed by atoms with Crippen molar-refractivity contribution in [1.82, 2.24) is 9.97 Å². The van der Waals surface area contributed by atoms with Crippen molar-refractivity contribution in [2.75, 3.05) is 40.2 Å². The van der Waals surface area contributed by atoms with Crippen LogP contribution in [-0.2, 0) is 13.1 Å². The maximum absolute atomic E-state index is 12.8. The highest BCUT2D eigenvalue weighted by molar-refractivity contribution is 5.49. The Morgan fingerprint density at radius 3 is 1.47 bits per heavy atom. The van der Waals surface area contributed by atoms with E-state index in [9.17, 15) is 4.39 Å². The Hall–Kier alpha value is -3.75. The molecule has 3 rings (SSSR count). The second-order valence-corrected chi connectivity index (χ2v) is 6.68. The molecule has 0 saturated heterocycles. The van der Waals surface area contributed by atoms with Crippen molar-refractivity contribution >= 4 is 5.95 Å². The van der Waals surface area contributed by atoms with Crippen LogP contribution in [0.2, 0.25) is 0 Å². The van der Waals surface area contributed by atoms with Gasteiger partial charge < -0.3 is 28.6 Å². The smallest absolute Gasteiger partial charge is 0.266 e. The van der Waals surface area contributed by atoms with E-state index in [2.05, 4.69) is 9.97 Å². The van der Waals surface area contributed by atoms with E-state index < -0.39 is 6.86 Å². The van der Waals surface area contributed by atoms with Crippen LogP contribution in [0.4, 0.5) is 10.3 Å². The molecule has 0 N–H and O–H groups in total. The molecular formula is C23H26FN3O5. The number of anilines is 1. The maximum atomic E-state index is 12.8. The van der Waals surface area contributed by atoms with Crippen LogP contribution in [0.3, 0.4) is 0 Å². The first-order chi connectivity index (χ1) is 15.6. The van der Waals surface area contributed by atoms with E-state index in [4.69, 9.17) is 23.7 Å². The molecule has 9 heteroatoms. The SMILES string of the molecule is COc1ccc(CN(Cc2ccc(OC)cc2)c2nc(OC)c(OCF)c(OC)n2)cc1. The molecule has 0 unspecified atom stereocenters. The largest absolute Gasteiger partial charge is 0.497 e.